The van der Waals surface area contributed by atoms with Gasteiger partial charge < -0.3 is 11.1 Å². The topological polar surface area (TPSA) is 55.1 Å². The molecule has 3 heteroatoms. The summed E-state index contributed by atoms with van der Waals surface area (Å²) in [6.45, 7) is 10.1. The Morgan fingerprint density at radius 2 is 1.81 bits per heavy atom. The first-order valence-electron chi connectivity index (χ1n) is 6.44. The van der Waals surface area contributed by atoms with Crippen LogP contribution in [0.1, 0.15) is 47.0 Å². The molecule has 3 N–H and O–H groups in total. The molecule has 0 heterocycles. The van der Waals surface area contributed by atoms with Gasteiger partial charge in [-0.1, -0.05) is 27.7 Å². The fourth-order valence-corrected chi connectivity index (χ4v) is 1.75. The molecule has 0 aromatic carbocycles. The van der Waals surface area contributed by atoms with Gasteiger partial charge >= 0.3 is 0 Å². The second-order valence-electron chi connectivity index (χ2n) is 5.32. The molecular weight excluding hydrogens is 200 g/mol. The van der Waals surface area contributed by atoms with E-state index in [1.807, 2.05) is 0 Å². The van der Waals surface area contributed by atoms with Crippen molar-refractivity contribution in [1.82, 2.24) is 5.32 Å². The lowest BCUT2D eigenvalue weighted by molar-refractivity contribution is -0.121. The highest BCUT2D eigenvalue weighted by atomic mass is 16.1. The average Bonchev–Trinajstić information content (AvgIpc) is 2.20. The Kier molecular flexibility index (Phi) is 8.26. The van der Waals surface area contributed by atoms with E-state index in [2.05, 4.69) is 33.0 Å². The van der Waals surface area contributed by atoms with Crippen molar-refractivity contribution in [2.24, 2.45) is 23.5 Å². The van der Waals surface area contributed by atoms with Gasteiger partial charge in [0.2, 0.25) is 5.91 Å². The first-order chi connectivity index (χ1) is 7.47. The number of carbonyl (C=O) groups is 1. The summed E-state index contributed by atoms with van der Waals surface area (Å²) in [6.07, 6.45) is 2.61. The molecule has 1 amide bonds. The second-order valence-corrected chi connectivity index (χ2v) is 5.32. The number of rotatable bonds is 8. The molecule has 1 atom stereocenters. The zero-order valence-electron chi connectivity index (χ0n) is 11.3. The van der Waals surface area contributed by atoms with Gasteiger partial charge in [-0.2, -0.15) is 0 Å². The Bertz CT molecular complexity index is 190. The quantitative estimate of drug-likeness (QED) is 0.669. The van der Waals surface area contributed by atoms with Crippen LogP contribution >= 0.6 is 0 Å². The van der Waals surface area contributed by atoms with Crippen LogP contribution in [0.3, 0.4) is 0 Å². The molecule has 0 aromatic heterocycles. The lowest BCUT2D eigenvalue weighted by Gasteiger charge is -2.19. The third-order valence-electron chi connectivity index (χ3n) is 2.93. The van der Waals surface area contributed by atoms with Crippen LogP contribution in [0, 0.1) is 17.8 Å². The van der Waals surface area contributed by atoms with Gasteiger partial charge in [-0.3, -0.25) is 4.79 Å². The van der Waals surface area contributed by atoms with Crippen LogP contribution in [0.25, 0.3) is 0 Å². The number of amides is 1. The van der Waals surface area contributed by atoms with Crippen LogP contribution in [0.15, 0.2) is 0 Å². The number of carbonyl (C=O) groups excluding carboxylic acids is 1. The molecule has 0 aliphatic rings. The van der Waals surface area contributed by atoms with Gasteiger partial charge in [0.05, 0.1) is 0 Å². The van der Waals surface area contributed by atoms with E-state index in [9.17, 15) is 4.79 Å². The molecule has 0 aliphatic carbocycles. The Morgan fingerprint density at radius 3 is 2.25 bits per heavy atom. The van der Waals surface area contributed by atoms with Crippen molar-refractivity contribution in [2.75, 3.05) is 13.1 Å². The smallest absolute Gasteiger partial charge is 0.220 e. The van der Waals surface area contributed by atoms with Gasteiger partial charge in [-0.15, -0.1) is 0 Å². The first kappa shape index (κ1) is 15.4. The third kappa shape index (κ3) is 7.69. The normalized spacial score (nSPS) is 13.2. The zero-order valence-corrected chi connectivity index (χ0v) is 11.3. The average molecular weight is 228 g/mol. The van der Waals surface area contributed by atoms with Crippen molar-refractivity contribution in [3.8, 4) is 0 Å². The monoisotopic (exact) mass is 228 g/mol. The van der Waals surface area contributed by atoms with E-state index in [1.165, 1.54) is 0 Å². The molecule has 0 radical (unpaired) electrons. The number of nitrogens with two attached hydrogens (primary N) is 1. The van der Waals surface area contributed by atoms with Gasteiger partial charge in [0.15, 0.2) is 0 Å². The van der Waals surface area contributed by atoms with Crippen LogP contribution in [0.2, 0.25) is 0 Å². The van der Waals surface area contributed by atoms with Gasteiger partial charge in [-0.05, 0) is 37.1 Å². The van der Waals surface area contributed by atoms with Crippen molar-refractivity contribution in [3.63, 3.8) is 0 Å². The van der Waals surface area contributed by atoms with Gasteiger partial charge in [0, 0.05) is 13.0 Å². The van der Waals surface area contributed by atoms with E-state index in [4.69, 9.17) is 5.73 Å². The van der Waals surface area contributed by atoms with E-state index < -0.39 is 0 Å². The summed E-state index contributed by atoms with van der Waals surface area (Å²) >= 11 is 0. The molecule has 96 valence electrons. The summed E-state index contributed by atoms with van der Waals surface area (Å²) in [7, 11) is 0. The van der Waals surface area contributed by atoms with E-state index >= 15 is 0 Å². The van der Waals surface area contributed by atoms with Gasteiger partial charge in [0.1, 0.15) is 0 Å². The maximum Gasteiger partial charge on any atom is 0.220 e. The highest BCUT2D eigenvalue weighted by Gasteiger charge is 2.14. The summed E-state index contributed by atoms with van der Waals surface area (Å²) in [5.74, 6) is 1.89. The molecule has 0 fully saturated rings. The molecule has 0 aliphatic heterocycles. The molecule has 0 saturated carbocycles. The van der Waals surface area contributed by atoms with Crippen molar-refractivity contribution in [2.45, 2.75) is 47.0 Å². The minimum atomic E-state index is 0.177. The van der Waals surface area contributed by atoms with Gasteiger partial charge in [-0.25, -0.2) is 0 Å². The molecule has 1 unspecified atom stereocenters. The zero-order chi connectivity index (χ0) is 12.6. The minimum Gasteiger partial charge on any atom is -0.356 e. The molecule has 3 nitrogen and oxygen atoms in total. The van der Waals surface area contributed by atoms with E-state index in [0.717, 1.165) is 25.9 Å². The van der Waals surface area contributed by atoms with Crippen molar-refractivity contribution in [3.05, 3.63) is 0 Å². The number of hydrogen-bond acceptors (Lipinski definition) is 2. The highest BCUT2D eigenvalue weighted by Crippen LogP contribution is 2.20. The Hall–Kier alpha value is -0.570. The van der Waals surface area contributed by atoms with Crippen LogP contribution in [-0.2, 0) is 4.79 Å². The third-order valence-corrected chi connectivity index (χ3v) is 2.93. The summed E-state index contributed by atoms with van der Waals surface area (Å²) in [5, 5.41) is 2.95. The van der Waals surface area contributed by atoms with E-state index in [0.29, 0.717) is 24.2 Å². The molecule has 16 heavy (non-hydrogen) atoms. The molecule has 0 rings (SSSR count). The minimum absolute atomic E-state index is 0.177. The van der Waals surface area contributed by atoms with Crippen LogP contribution in [0.5, 0.6) is 0 Å². The number of nitrogens with one attached hydrogen (secondary N) is 1. The fourth-order valence-electron chi connectivity index (χ4n) is 1.75. The van der Waals surface area contributed by atoms with Crippen molar-refractivity contribution >= 4 is 5.91 Å². The molecule has 0 saturated heterocycles. The number of hydrogen-bond donors (Lipinski definition) is 2. The lowest BCUT2D eigenvalue weighted by atomic mass is 9.88. The predicted octanol–water partition coefficient (Wildman–Crippen LogP) is 2.16. The Balaban J connectivity index is 3.78. The predicted molar refractivity (Wildman–Crippen MR) is 69.1 cm³/mol. The lowest BCUT2D eigenvalue weighted by Crippen LogP contribution is -2.28. The van der Waals surface area contributed by atoms with Crippen LogP contribution in [-0.4, -0.2) is 19.0 Å². The molecule has 0 aromatic rings. The molecular formula is C13H28N2O. The first-order valence-corrected chi connectivity index (χ1v) is 6.44. The Labute approximate surface area is 100 Å². The van der Waals surface area contributed by atoms with Crippen LogP contribution in [0.4, 0.5) is 0 Å². The van der Waals surface area contributed by atoms with E-state index in [-0.39, 0.29) is 5.91 Å². The molecule has 0 spiro atoms. The Morgan fingerprint density at radius 1 is 1.19 bits per heavy atom. The van der Waals surface area contributed by atoms with Crippen molar-refractivity contribution in [1.29, 1.82) is 0 Å². The largest absolute Gasteiger partial charge is 0.356 e. The summed E-state index contributed by atoms with van der Waals surface area (Å²) in [6, 6.07) is 0. The van der Waals surface area contributed by atoms with Gasteiger partial charge in [0.25, 0.3) is 0 Å². The second kappa shape index (κ2) is 8.57. The standard InChI is InChI=1S/C13H28N2O/c1-10(2)9-15-13(16)6-5-12(7-8-14)11(3)4/h10-12H,5-9,14H2,1-4H3,(H,15,16). The molecule has 0 bridgehead atoms. The summed E-state index contributed by atoms with van der Waals surface area (Å²) in [5.41, 5.74) is 5.57. The highest BCUT2D eigenvalue weighted by molar-refractivity contribution is 5.75. The SMILES string of the molecule is CC(C)CNC(=O)CCC(CCN)C(C)C. The van der Waals surface area contributed by atoms with E-state index in [1.54, 1.807) is 0 Å². The maximum atomic E-state index is 11.5. The fraction of sp³-hybridized carbons (Fsp3) is 0.923. The maximum absolute atomic E-state index is 11.5. The summed E-state index contributed by atoms with van der Waals surface area (Å²) in [4.78, 5) is 11.5. The van der Waals surface area contributed by atoms with Crippen LogP contribution < -0.4 is 11.1 Å². The van der Waals surface area contributed by atoms with Crippen molar-refractivity contribution < 1.29 is 4.79 Å². The summed E-state index contributed by atoms with van der Waals surface area (Å²) < 4.78 is 0.